The minimum atomic E-state index is 0.0778. The van der Waals surface area contributed by atoms with Gasteiger partial charge < -0.3 is 10.1 Å². The fraction of sp³-hybridized carbons (Fsp3) is 0.889. The summed E-state index contributed by atoms with van der Waals surface area (Å²) < 4.78 is 4.99. The quantitative estimate of drug-likeness (QED) is 0.508. The largest absolute Gasteiger partial charge is 0.380 e. The van der Waals surface area contributed by atoms with Gasteiger partial charge in [0.25, 0.3) is 0 Å². The molecule has 0 aliphatic carbocycles. The van der Waals surface area contributed by atoms with Gasteiger partial charge in [0.2, 0.25) is 5.91 Å². The lowest BCUT2D eigenvalue weighted by molar-refractivity contribution is -0.121. The third kappa shape index (κ3) is 8.06. The van der Waals surface area contributed by atoms with Gasteiger partial charge in [-0.05, 0) is 19.8 Å². The van der Waals surface area contributed by atoms with Crippen molar-refractivity contribution in [1.82, 2.24) is 5.32 Å². The molecular weight excluding hydrogens is 190 g/mol. The maximum absolute atomic E-state index is 11.1. The second-order valence-corrected chi connectivity index (χ2v) is 3.37. The Morgan fingerprint density at radius 2 is 2.23 bits per heavy atom. The van der Waals surface area contributed by atoms with Gasteiger partial charge in [0.05, 0.1) is 6.10 Å². The van der Waals surface area contributed by atoms with Crippen LogP contribution < -0.4 is 5.32 Å². The lowest BCUT2D eigenvalue weighted by Gasteiger charge is -2.10. The van der Waals surface area contributed by atoms with E-state index in [9.17, 15) is 4.79 Å². The molecule has 0 aliphatic rings. The van der Waals surface area contributed by atoms with Crippen molar-refractivity contribution in [3.05, 3.63) is 0 Å². The number of hydrogen-bond acceptors (Lipinski definition) is 2. The summed E-state index contributed by atoms with van der Waals surface area (Å²) in [5.74, 6) is 0.705. The molecule has 0 fully saturated rings. The molecule has 0 saturated heterocycles. The number of carbonyl (C=O) groups excluding carboxylic acids is 1. The number of amides is 1. The molecule has 1 amide bonds. The summed E-state index contributed by atoms with van der Waals surface area (Å²) in [6.45, 7) is 2.50. The number of nitrogens with one attached hydrogen (secondary N) is 1. The first kappa shape index (κ1) is 12.7. The first-order valence-electron chi connectivity index (χ1n) is 4.56. The molecule has 78 valence electrons. The molecule has 0 aromatic rings. The standard InChI is InChI=1S/C9H18ClNO2/c1-8(13-2)7-11-9(12)5-3-4-6-10/h8H,3-7H2,1-2H3,(H,11,12). The molecule has 0 aliphatic heterocycles. The van der Waals surface area contributed by atoms with Crippen molar-refractivity contribution in [3.8, 4) is 0 Å². The second kappa shape index (κ2) is 8.32. The Labute approximate surface area is 84.8 Å². The average Bonchev–Trinajstić information content (AvgIpc) is 2.14. The summed E-state index contributed by atoms with van der Waals surface area (Å²) in [5.41, 5.74) is 0. The molecule has 0 heterocycles. The van der Waals surface area contributed by atoms with E-state index in [0.717, 1.165) is 12.8 Å². The molecule has 0 bridgehead atoms. The van der Waals surface area contributed by atoms with Crippen LogP contribution in [0.5, 0.6) is 0 Å². The minimum absolute atomic E-state index is 0.0778. The molecule has 1 unspecified atom stereocenters. The van der Waals surface area contributed by atoms with E-state index in [0.29, 0.717) is 18.8 Å². The number of hydrogen-bond donors (Lipinski definition) is 1. The topological polar surface area (TPSA) is 38.3 Å². The first-order valence-corrected chi connectivity index (χ1v) is 5.09. The van der Waals surface area contributed by atoms with Crippen LogP contribution in [0.25, 0.3) is 0 Å². The van der Waals surface area contributed by atoms with Crippen LogP contribution in [0.15, 0.2) is 0 Å². The zero-order valence-corrected chi connectivity index (χ0v) is 9.06. The van der Waals surface area contributed by atoms with E-state index in [4.69, 9.17) is 16.3 Å². The maximum atomic E-state index is 11.1. The molecule has 1 atom stereocenters. The van der Waals surface area contributed by atoms with Crippen LogP contribution in [0.1, 0.15) is 26.2 Å². The molecule has 3 nitrogen and oxygen atoms in total. The summed E-state index contributed by atoms with van der Waals surface area (Å²) in [6.07, 6.45) is 2.39. The number of alkyl halides is 1. The highest BCUT2D eigenvalue weighted by Crippen LogP contribution is 1.96. The van der Waals surface area contributed by atoms with E-state index in [1.54, 1.807) is 7.11 Å². The van der Waals surface area contributed by atoms with E-state index in [1.165, 1.54) is 0 Å². The normalized spacial score (nSPS) is 12.5. The van der Waals surface area contributed by atoms with Gasteiger partial charge in [-0.2, -0.15) is 0 Å². The average molecular weight is 208 g/mol. The van der Waals surface area contributed by atoms with Crippen LogP contribution in [0.3, 0.4) is 0 Å². The van der Waals surface area contributed by atoms with E-state index in [2.05, 4.69) is 5.32 Å². The zero-order valence-electron chi connectivity index (χ0n) is 8.31. The lowest BCUT2D eigenvalue weighted by atomic mass is 10.2. The van der Waals surface area contributed by atoms with Gasteiger partial charge >= 0.3 is 0 Å². The number of methoxy groups -OCH3 is 1. The van der Waals surface area contributed by atoms with Gasteiger partial charge in [0.15, 0.2) is 0 Å². The van der Waals surface area contributed by atoms with E-state index in [-0.39, 0.29) is 12.0 Å². The van der Waals surface area contributed by atoms with Gasteiger partial charge in [-0.15, -0.1) is 11.6 Å². The van der Waals surface area contributed by atoms with E-state index in [1.807, 2.05) is 6.92 Å². The summed E-state index contributed by atoms with van der Waals surface area (Å²) >= 11 is 5.48. The van der Waals surface area contributed by atoms with Crippen LogP contribution in [0, 0.1) is 0 Å². The SMILES string of the molecule is COC(C)CNC(=O)CCCCCl. The Balaban J connectivity index is 3.30. The van der Waals surface area contributed by atoms with Gasteiger partial charge in [-0.1, -0.05) is 0 Å². The fourth-order valence-electron chi connectivity index (χ4n) is 0.809. The molecule has 4 heteroatoms. The van der Waals surface area contributed by atoms with Crippen molar-refractivity contribution in [2.24, 2.45) is 0 Å². The van der Waals surface area contributed by atoms with Crippen molar-refractivity contribution in [2.75, 3.05) is 19.5 Å². The molecule has 0 radical (unpaired) electrons. The number of halogens is 1. The number of ether oxygens (including phenoxy) is 1. The first-order chi connectivity index (χ1) is 6.20. The number of unbranched alkanes of at least 4 members (excludes halogenated alkanes) is 1. The predicted molar refractivity (Wildman–Crippen MR) is 54.1 cm³/mol. The highest BCUT2D eigenvalue weighted by atomic mass is 35.5. The summed E-state index contributed by atoms with van der Waals surface area (Å²) in [5, 5.41) is 2.79. The van der Waals surface area contributed by atoms with E-state index < -0.39 is 0 Å². The van der Waals surface area contributed by atoms with Crippen molar-refractivity contribution in [1.29, 1.82) is 0 Å². The number of carbonyl (C=O) groups is 1. The molecular formula is C9H18ClNO2. The van der Waals surface area contributed by atoms with Crippen LogP contribution >= 0.6 is 11.6 Å². The molecule has 0 spiro atoms. The van der Waals surface area contributed by atoms with Crippen molar-refractivity contribution in [2.45, 2.75) is 32.3 Å². The predicted octanol–water partition coefficient (Wildman–Crippen LogP) is 1.55. The summed E-state index contributed by atoms with van der Waals surface area (Å²) in [6, 6.07) is 0. The van der Waals surface area contributed by atoms with Crippen LogP contribution in [0.4, 0.5) is 0 Å². The van der Waals surface area contributed by atoms with E-state index >= 15 is 0 Å². The van der Waals surface area contributed by atoms with Crippen LogP contribution in [0.2, 0.25) is 0 Å². The van der Waals surface area contributed by atoms with Crippen molar-refractivity contribution in [3.63, 3.8) is 0 Å². The van der Waals surface area contributed by atoms with Crippen molar-refractivity contribution >= 4 is 17.5 Å². The highest BCUT2D eigenvalue weighted by Gasteiger charge is 2.03. The van der Waals surface area contributed by atoms with Gasteiger partial charge in [-0.25, -0.2) is 0 Å². The second-order valence-electron chi connectivity index (χ2n) is 3.00. The monoisotopic (exact) mass is 207 g/mol. The zero-order chi connectivity index (χ0) is 10.1. The van der Waals surface area contributed by atoms with Gasteiger partial charge in [-0.3, -0.25) is 4.79 Å². The summed E-state index contributed by atoms with van der Waals surface area (Å²) in [7, 11) is 1.63. The van der Waals surface area contributed by atoms with Crippen LogP contribution in [-0.2, 0) is 9.53 Å². The van der Waals surface area contributed by atoms with Gasteiger partial charge in [0, 0.05) is 26.0 Å². The lowest BCUT2D eigenvalue weighted by Crippen LogP contribution is -2.31. The molecule has 0 aromatic heterocycles. The summed E-state index contributed by atoms with van der Waals surface area (Å²) in [4.78, 5) is 11.1. The third-order valence-electron chi connectivity index (χ3n) is 1.78. The molecule has 1 N–H and O–H groups in total. The van der Waals surface area contributed by atoms with Crippen molar-refractivity contribution < 1.29 is 9.53 Å². The Bertz CT molecular complexity index is 142. The Hall–Kier alpha value is -0.280. The Morgan fingerprint density at radius 1 is 1.54 bits per heavy atom. The Kier molecular flexibility index (Phi) is 8.14. The smallest absolute Gasteiger partial charge is 0.220 e. The fourth-order valence-corrected chi connectivity index (χ4v) is 0.998. The third-order valence-corrected chi connectivity index (χ3v) is 2.04. The highest BCUT2D eigenvalue weighted by molar-refractivity contribution is 6.17. The molecule has 0 aromatic carbocycles. The molecule has 0 rings (SSSR count). The minimum Gasteiger partial charge on any atom is -0.380 e. The maximum Gasteiger partial charge on any atom is 0.220 e. The molecule has 0 saturated carbocycles. The number of rotatable bonds is 7. The molecule has 13 heavy (non-hydrogen) atoms. The van der Waals surface area contributed by atoms with Crippen LogP contribution in [-0.4, -0.2) is 31.5 Å². The Morgan fingerprint density at radius 3 is 2.77 bits per heavy atom. The van der Waals surface area contributed by atoms with Gasteiger partial charge in [0.1, 0.15) is 0 Å².